The van der Waals surface area contributed by atoms with E-state index in [9.17, 15) is 9.59 Å². The number of carbonyl (C=O) groups is 1. The Morgan fingerprint density at radius 2 is 1.75 bits per heavy atom. The number of halogens is 1. The number of nitrogens with zero attached hydrogens (tertiary/aromatic N) is 4. The van der Waals surface area contributed by atoms with Crippen molar-refractivity contribution < 1.29 is 9.53 Å². The SMILES string of the molecule is Cc1ncc(Cl)cc1C(=O)N[C@H]1CC[C@H](Cn2c(=O)n(-c3ccc(C4CCOCC4)nc3)c3ccccc32)CC1. The molecule has 2 aliphatic rings. The number of amides is 1. The van der Waals surface area contributed by atoms with E-state index in [2.05, 4.69) is 16.4 Å². The number of benzene rings is 1. The number of hydrogen-bond donors (Lipinski definition) is 1. The molecule has 4 aromatic rings. The monoisotopic (exact) mass is 559 g/mol. The molecule has 1 N–H and O–H groups in total. The summed E-state index contributed by atoms with van der Waals surface area (Å²) in [6.07, 6.45) is 8.95. The summed E-state index contributed by atoms with van der Waals surface area (Å²) in [5, 5.41) is 3.61. The van der Waals surface area contributed by atoms with E-state index in [1.807, 2.05) is 48.0 Å². The van der Waals surface area contributed by atoms with Crippen LogP contribution in [0.1, 0.15) is 66.2 Å². The fraction of sp³-hybridized carbons (Fsp3) is 0.419. The molecule has 1 saturated heterocycles. The van der Waals surface area contributed by atoms with E-state index in [0.29, 0.717) is 34.7 Å². The minimum absolute atomic E-state index is 0.0406. The van der Waals surface area contributed by atoms with Gasteiger partial charge in [-0.2, -0.15) is 0 Å². The van der Waals surface area contributed by atoms with Crippen LogP contribution in [0.5, 0.6) is 0 Å². The largest absolute Gasteiger partial charge is 0.381 e. The van der Waals surface area contributed by atoms with Gasteiger partial charge < -0.3 is 10.1 Å². The maximum absolute atomic E-state index is 13.8. The molecule has 2 fully saturated rings. The molecule has 208 valence electrons. The molecule has 1 aromatic carbocycles. The summed E-state index contributed by atoms with van der Waals surface area (Å²) in [7, 11) is 0. The first-order chi connectivity index (χ1) is 19.5. The molecule has 3 aromatic heterocycles. The molecule has 0 bridgehead atoms. The highest BCUT2D eigenvalue weighted by molar-refractivity contribution is 6.30. The molecule has 0 radical (unpaired) electrons. The number of carbonyl (C=O) groups excluding carboxylic acids is 1. The van der Waals surface area contributed by atoms with E-state index in [0.717, 1.165) is 74.2 Å². The van der Waals surface area contributed by atoms with Crippen molar-refractivity contribution in [3.8, 4) is 5.69 Å². The number of aromatic nitrogens is 4. The molecule has 1 amide bonds. The minimum atomic E-state index is -0.133. The summed E-state index contributed by atoms with van der Waals surface area (Å²) < 4.78 is 9.18. The maximum Gasteiger partial charge on any atom is 0.333 e. The van der Waals surface area contributed by atoms with Crippen molar-refractivity contribution in [1.29, 1.82) is 0 Å². The molecule has 0 atom stereocenters. The van der Waals surface area contributed by atoms with Crippen molar-refractivity contribution in [3.63, 3.8) is 0 Å². The number of nitrogens with one attached hydrogen (secondary N) is 1. The number of ether oxygens (including phenoxy) is 1. The zero-order chi connectivity index (χ0) is 27.6. The summed E-state index contributed by atoms with van der Waals surface area (Å²) >= 11 is 6.05. The first-order valence-corrected chi connectivity index (χ1v) is 14.5. The van der Waals surface area contributed by atoms with E-state index in [-0.39, 0.29) is 17.6 Å². The number of para-hydroxylation sites is 2. The molecule has 9 heteroatoms. The van der Waals surface area contributed by atoms with Crippen LogP contribution in [0.25, 0.3) is 16.7 Å². The van der Waals surface area contributed by atoms with Crippen LogP contribution in [0.4, 0.5) is 0 Å². The van der Waals surface area contributed by atoms with Gasteiger partial charge >= 0.3 is 5.69 Å². The Balaban J connectivity index is 1.16. The highest BCUT2D eigenvalue weighted by Gasteiger charge is 2.26. The molecule has 1 aliphatic heterocycles. The quantitative estimate of drug-likeness (QED) is 0.340. The van der Waals surface area contributed by atoms with Crippen LogP contribution < -0.4 is 11.0 Å². The minimum Gasteiger partial charge on any atom is -0.381 e. The molecule has 4 heterocycles. The fourth-order valence-corrected chi connectivity index (χ4v) is 6.30. The predicted octanol–water partition coefficient (Wildman–Crippen LogP) is 5.43. The Hall–Kier alpha value is -3.49. The zero-order valence-electron chi connectivity index (χ0n) is 22.7. The van der Waals surface area contributed by atoms with Gasteiger partial charge in [0.1, 0.15) is 0 Å². The maximum atomic E-state index is 13.8. The Morgan fingerprint density at radius 1 is 1.00 bits per heavy atom. The molecule has 1 aliphatic carbocycles. The van der Waals surface area contributed by atoms with Gasteiger partial charge in [0, 0.05) is 43.6 Å². The summed E-state index contributed by atoms with van der Waals surface area (Å²) in [6, 6.07) is 13.8. The first kappa shape index (κ1) is 26.7. The molecular weight excluding hydrogens is 526 g/mol. The highest BCUT2D eigenvalue weighted by Crippen LogP contribution is 2.29. The van der Waals surface area contributed by atoms with Gasteiger partial charge in [0.15, 0.2) is 0 Å². The lowest BCUT2D eigenvalue weighted by Gasteiger charge is -2.29. The third kappa shape index (κ3) is 5.43. The summed E-state index contributed by atoms with van der Waals surface area (Å²) in [5.74, 6) is 0.632. The van der Waals surface area contributed by atoms with E-state index in [1.54, 1.807) is 16.8 Å². The Kier molecular flexibility index (Phi) is 7.71. The second kappa shape index (κ2) is 11.6. The van der Waals surface area contributed by atoms with Gasteiger partial charge in [-0.3, -0.25) is 23.9 Å². The highest BCUT2D eigenvalue weighted by atomic mass is 35.5. The Labute approximate surface area is 238 Å². The van der Waals surface area contributed by atoms with Gasteiger partial charge in [-0.05, 0) is 81.7 Å². The van der Waals surface area contributed by atoms with Crippen molar-refractivity contribution in [2.45, 2.75) is 64.0 Å². The first-order valence-electron chi connectivity index (χ1n) is 14.2. The van der Waals surface area contributed by atoms with Gasteiger partial charge in [0.2, 0.25) is 0 Å². The second-order valence-electron chi connectivity index (χ2n) is 11.0. The van der Waals surface area contributed by atoms with Crippen LogP contribution in [-0.4, -0.2) is 44.3 Å². The van der Waals surface area contributed by atoms with Gasteiger partial charge in [-0.15, -0.1) is 0 Å². The van der Waals surface area contributed by atoms with Crippen LogP contribution in [-0.2, 0) is 11.3 Å². The van der Waals surface area contributed by atoms with Crippen molar-refractivity contribution in [2.24, 2.45) is 5.92 Å². The van der Waals surface area contributed by atoms with E-state index < -0.39 is 0 Å². The molecule has 8 nitrogen and oxygen atoms in total. The average molecular weight is 560 g/mol. The number of fused-ring (bicyclic) bond motifs is 1. The van der Waals surface area contributed by atoms with Crippen LogP contribution in [0.2, 0.25) is 5.02 Å². The normalized spacial score (nSPS) is 20.1. The lowest BCUT2D eigenvalue weighted by atomic mass is 9.85. The topological polar surface area (TPSA) is 91.0 Å². The summed E-state index contributed by atoms with van der Waals surface area (Å²) in [5.41, 5.74) is 4.81. The van der Waals surface area contributed by atoms with Crippen molar-refractivity contribution in [3.05, 3.63) is 87.3 Å². The Bertz CT molecular complexity index is 1560. The van der Waals surface area contributed by atoms with Crippen molar-refractivity contribution in [1.82, 2.24) is 24.4 Å². The van der Waals surface area contributed by atoms with Crippen LogP contribution in [0, 0.1) is 12.8 Å². The third-order valence-corrected chi connectivity index (χ3v) is 8.63. The van der Waals surface area contributed by atoms with E-state index in [4.69, 9.17) is 21.3 Å². The average Bonchev–Trinajstić information content (AvgIpc) is 3.26. The molecule has 0 unspecified atom stereocenters. The van der Waals surface area contributed by atoms with Gasteiger partial charge in [0.05, 0.1) is 39.2 Å². The standard InChI is InChI=1S/C31H34ClN5O3/c1-20-26(16-23(32)17-33-20)30(38)35-24-8-6-21(7-9-24)19-36-28-4-2-3-5-29(28)37(31(36)39)25-10-11-27(34-18-25)22-12-14-40-15-13-22/h2-5,10-11,16-18,21-22,24H,6-9,12-15,19H2,1H3,(H,35,38)/t21-,24-. The number of rotatable bonds is 6. The number of pyridine rings is 2. The smallest absolute Gasteiger partial charge is 0.333 e. The fourth-order valence-electron chi connectivity index (χ4n) is 6.15. The van der Waals surface area contributed by atoms with Gasteiger partial charge in [-0.25, -0.2) is 4.79 Å². The van der Waals surface area contributed by atoms with Crippen LogP contribution in [0.3, 0.4) is 0 Å². The van der Waals surface area contributed by atoms with E-state index in [1.165, 1.54) is 0 Å². The molecule has 6 rings (SSSR count). The molecule has 0 spiro atoms. The van der Waals surface area contributed by atoms with Crippen LogP contribution in [0.15, 0.2) is 59.7 Å². The van der Waals surface area contributed by atoms with Gasteiger partial charge in [-0.1, -0.05) is 23.7 Å². The summed E-state index contributed by atoms with van der Waals surface area (Å²) in [6.45, 7) is 4.01. The predicted molar refractivity (Wildman–Crippen MR) is 155 cm³/mol. The zero-order valence-corrected chi connectivity index (χ0v) is 23.4. The van der Waals surface area contributed by atoms with E-state index >= 15 is 0 Å². The lowest BCUT2D eigenvalue weighted by Crippen LogP contribution is -2.39. The number of imidazole rings is 1. The van der Waals surface area contributed by atoms with Crippen molar-refractivity contribution >= 4 is 28.5 Å². The molecule has 40 heavy (non-hydrogen) atoms. The van der Waals surface area contributed by atoms with Crippen molar-refractivity contribution in [2.75, 3.05) is 13.2 Å². The lowest BCUT2D eigenvalue weighted by molar-refractivity contribution is 0.0845. The Morgan fingerprint density at radius 3 is 2.48 bits per heavy atom. The number of aryl methyl sites for hydroxylation is 1. The third-order valence-electron chi connectivity index (χ3n) is 8.43. The molecule has 1 saturated carbocycles. The second-order valence-corrected chi connectivity index (χ2v) is 11.5. The summed E-state index contributed by atoms with van der Waals surface area (Å²) in [4.78, 5) is 35.6. The molecular formula is C31H34ClN5O3. The van der Waals surface area contributed by atoms with Gasteiger partial charge in [0.25, 0.3) is 5.91 Å². The number of hydrogen-bond acceptors (Lipinski definition) is 5. The van der Waals surface area contributed by atoms with Crippen LogP contribution >= 0.6 is 11.6 Å².